The van der Waals surface area contributed by atoms with Gasteiger partial charge in [0.05, 0.1) is 11.3 Å². The molecule has 0 saturated heterocycles. The monoisotopic (exact) mass is 201 g/mol. The Morgan fingerprint density at radius 3 is 3.07 bits per heavy atom. The quantitative estimate of drug-likeness (QED) is 0.812. The first-order valence-corrected chi connectivity index (χ1v) is 4.99. The largest absolute Gasteiger partial charge is 0.338 e. The van der Waals surface area contributed by atoms with Gasteiger partial charge >= 0.3 is 0 Å². The highest BCUT2D eigenvalue weighted by Gasteiger charge is 2.01. The Bertz CT molecular complexity index is 456. The number of hydrogen-bond donors (Lipinski definition) is 1. The van der Waals surface area contributed by atoms with Gasteiger partial charge in [-0.2, -0.15) is 16.6 Å². The number of hydrogen-bond acceptors (Lipinski definition) is 4. The molecule has 2 heterocycles. The zero-order chi connectivity index (χ0) is 9.80. The molecule has 0 aliphatic carbocycles. The third kappa shape index (κ3) is 1.73. The molecule has 4 heteroatoms. The van der Waals surface area contributed by atoms with E-state index in [0.29, 0.717) is 11.4 Å². The highest BCUT2D eigenvalue weighted by molar-refractivity contribution is 7.08. The van der Waals surface area contributed by atoms with Crippen LogP contribution in [0.1, 0.15) is 5.56 Å². The van der Waals surface area contributed by atoms with Crippen LogP contribution in [0.5, 0.6) is 0 Å². The number of rotatable bonds is 2. The summed E-state index contributed by atoms with van der Waals surface area (Å²) in [7, 11) is 0. The number of nitrogens with one attached hydrogen (secondary N) is 1. The van der Waals surface area contributed by atoms with Gasteiger partial charge in [0, 0.05) is 11.6 Å². The number of nitriles is 1. The van der Waals surface area contributed by atoms with Crippen molar-refractivity contribution < 1.29 is 0 Å². The summed E-state index contributed by atoms with van der Waals surface area (Å²) in [6.45, 7) is 0. The molecule has 0 aliphatic heterocycles. The van der Waals surface area contributed by atoms with E-state index in [9.17, 15) is 0 Å². The average Bonchev–Trinajstić information content (AvgIpc) is 2.71. The van der Waals surface area contributed by atoms with Crippen molar-refractivity contribution in [1.82, 2.24) is 4.98 Å². The predicted molar refractivity (Wildman–Crippen MR) is 56.6 cm³/mol. The molecule has 2 aromatic rings. The highest BCUT2D eigenvalue weighted by atomic mass is 32.1. The number of anilines is 2. The molecule has 0 saturated carbocycles. The van der Waals surface area contributed by atoms with Gasteiger partial charge in [-0.3, -0.25) is 0 Å². The lowest BCUT2D eigenvalue weighted by atomic mass is 10.3. The smallest absolute Gasteiger partial charge is 0.148 e. The maximum absolute atomic E-state index is 8.82. The number of thiophene rings is 1. The van der Waals surface area contributed by atoms with E-state index in [-0.39, 0.29) is 0 Å². The molecule has 0 amide bonds. The van der Waals surface area contributed by atoms with Gasteiger partial charge in [-0.15, -0.1) is 0 Å². The topological polar surface area (TPSA) is 48.7 Å². The summed E-state index contributed by atoms with van der Waals surface area (Å²) in [4.78, 5) is 4.10. The molecule has 0 bridgehead atoms. The molecule has 0 radical (unpaired) electrons. The second-order valence-electron chi connectivity index (χ2n) is 2.65. The molecule has 0 spiro atoms. The third-order valence-corrected chi connectivity index (χ3v) is 2.40. The van der Waals surface area contributed by atoms with Crippen LogP contribution in [-0.4, -0.2) is 4.98 Å². The minimum atomic E-state index is 0.554. The molecule has 0 fully saturated rings. The zero-order valence-corrected chi connectivity index (χ0v) is 8.08. The Morgan fingerprint density at radius 2 is 2.36 bits per heavy atom. The summed E-state index contributed by atoms with van der Waals surface area (Å²) >= 11 is 1.60. The van der Waals surface area contributed by atoms with Crippen LogP contribution in [0.4, 0.5) is 11.5 Å². The van der Waals surface area contributed by atoms with E-state index in [2.05, 4.69) is 16.4 Å². The Balaban J connectivity index is 2.30. The summed E-state index contributed by atoms with van der Waals surface area (Å²) in [5.41, 5.74) is 1.52. The van der Waals surface area contributed by atoms with Crippen molar-refractivity contribution >= 4 is 22.8 Å². The Kier molecular flexibility index (Phi) is 2.43. The van der Waals surface area contributed by atoms with Crippen LogP contribution in [0, 0.1) is 11.3 Å². The van der Waals surface area contributed by atoms with Gasteiger partial charge in [0.2, 0.25) is 0 Å². The SMILES string of the molecule is N#Cc1cccnc1Nc1ccsc1. The van der Waals surface area contributed by atoms with Crippen molar-refractivity contribution in [2.45, 2.75) is 0 Å². The Hall–Kier alpha value is -1.86. The number of aromatic nitrogens is 1. The molecule has 14 heavy (non-hydrogen) atoms. The van der Waals surface area contributed by atoms with E-state index >= 15 is 0 Å². The van der Waals surface area contributed by atoms with Gasteiger partial charge < -0.3 is 5.32 Å². The molecular formula is C10H7N3S. The summed E-state index contributed by atoms with van der Waals surface area (Å²) < 4.78 is 0. The van der Waals surface area contributed by atoms with Gasteiger partial charge in [0.1, 0.15) is 11.9 Å². The number of nitrogens with zero attached hydrogens (tertiary/aromatic N) is 2. The van der Waals surface area contributed by atoms with Crippen LogP contribution in [0.3, 0.4) is 0 Å². The highest BCUT2D eigenvalue weighted by Crippen LogP contribution is 2.19. The van der Waals surface area contributed by atoms with Crippen molar-refractivity contribution in [3.05, 3.63) is 40.7 Å². The normalized spacial score (nSPS) is 9.36. The second kappa shape index (κ2) is 3.90. The summed E-state index contributed by atoms with van der Waals surface area (Å²) in [5, 5.41) is 15.8. The first kappa shape index (κ1) is 8.73. The molecule has 0 aliphatic rings. The van der Waals surface area contributed by atoms with Crippen molar-refractivity contribution in [2.75, 3.05) is 5.32 Å². The van der Waals surface area contributed by atoms with Gasteiger partial charge in [-0.05, 0) is 23.6 Å². The van der Waals surface area contributed by atoms with Crippen molar-refractivity contribution in [3.63, 3.8) is 0 Å². The van der Waals surface area contributed by atoms with E-state index in [1.54, 1.807) is 29.7 Å². The average molecular weight is 201 g/mol. The lowest BCUT2D eigenvalue weighted by Crippen LogP contribution is -1.94. The van der Waals surface area contributed by atoms with Gasteiger partial charge in [-0.1, -0.05) is 0 Å². The van der Waals surface area contributed by atoms with Crippen LogP contribution < -0.4 is 5.32 Å². The first-order chi connectivity index (χ1) is 6.90. The predicted octanol–water partition coefficient (Wildman–Crippen LogP) is 2.76. The molecule has 0 atom stereocenters. The standard InChI is InChI=1S/C10H7N3S/c11-6-8-2-1-4-12-10(8)13-9-3-5-14-7-9/h1-5,7H,(H,12,13). The van der Waals surface area contributed by atoms with Crippen LogP contribution in [0.15, 0.2) is 35.2 Å². The lowest BCUT2D eigenvalue weighted by Gasteiger charge is -2.03. The van der Waals surface area contributed by atoms with Crippen molar-refractivity contribution in [2.24, 2.45) is 0 Å². The van der Waals surface area contributed by atoms with E-state index < -0.39 is 0 Å². The van der Waals surface area contributed by atoms with Crippen molar-refractivity contribution in [3.8, 4) is 6.07 Å². The third-order valence-electron chi connectivity index (χ3n) is 1.71. The fourth-order valence-electron chi connectivity index (χ4n) is 1.07. The van der Waals surface area contributed by atoms with E-state index in [1.807, 2.05) is 16.8 Å². The Labute approximate surface area is 85.7 Å². The van der Waals surface area contributed by atoms with E-state index in [0.717, 1.165) is 5.69 Å². The van der Waals surface area contributed by atoms with E-state index in [4.69, 9.17) is 5.26 Å². The molecule has 1 N–H and O–H groups in total. The molecule has 3 nitrogen and oxygen atoms in total. The van der Waals surface area contributed by atoms with Gasteiger partial charge in [-0.25, -0.2) is 4.98 Å². The summed E-state index contributed by atoms with van der Waals surface area (Å²) in [6.07, 6.45) is 1.66. The zero-order valence-electron chi connectivity index (χ0n) is 7.27. The van der Waals surface area contributed by atoms with E-state index in [1.165, 1.54) is 0 Å². The molecule has 2 aromatic heterocycles. The Morgan fingerprint density at radius 1 is 1.43 bits per heavy atom. The molecule has 68 valence electrons. The molecule has 2 rings (SSSR count). The molecule has 0 aromatic carbocycles. The van der Waals surface area contributed by atoms with Crippen LogP contribution in [-0.2, 0) is 0 Å². The fourth-order valence-corrected chi connectivity index (χ4v) is 1.66. The fraction of sp³-hybridized carbons (Fsp3) is 0. The summed E-state index contributed by atoms with van der Waals surface area (Å²) in [6, 6.07) is 7.52. The lowest BCUT2D eigenvalue weighted by molar-refractivity contribution is 1.29. The summed E-state index contributed by atoms with van der Waals surface area (Å²) in [5.74, 6) is 0.605. The first-order valence-electron chi connectivity index (χ1n) is 4.04. The van der Waals surface area contributed by atoms with Crippen LogP contribution >= 0.6 is 11.3 Å². The molecule has 0 unspecified atom stereocenters. The van der Waals surface area contributed by atoms with Gasteiger partial charge in [0.25, 0.3) is 0 Å². The minimum Gasteiger partial charge on any atom is -0.338 e. The van der Waals surface area contributed by atoms with Crippen LogP contribution in [0.2, 0.25) is 0 Å². The minimum absolute atomic E-state index is 0.554. The molecular weight excluding hydrogens is 194 g/mol. The second-order valence-corrected chi connectivity index (χ2v) is 3.43. The maximum Gasteiger partial charge on any atom is 0.148 e. The number of pyridine rings is 1. The van der Waals surface area contributed by atoms with Crippen LogP contribution in [0.25, 0.3) is 0 Å². The maximum atomic E-state index is 8.82. The van der Waals surface area contributed by atoms with Gasteiger partial charge in [0.15, 0.2) is 0 Å². The van der Waals surface area contributed by atoms with Crippen molar-refractivity contribution in [1.29, 1.82) is 5.26 Å².